The summed E-state index contributed by atoms with van der Waals surface area (Å²) in [4.78, 5) is 4.66. The SMILES string of the molecule is Clc1ccc(CN2c3ccccc3Sc3ccc(Cl)cc32)c(Cl)c1. The van der Waals surface area contributed by atoms with Gasteiger partial charge in [0.15, 0.2) is 0 Å². The number of halogens is 3. The summed E-state index contributed by atoms with van der Waals surface area (Å²) in [6.45, 7) is 0.654. The number of nitrogens with zero attached hydrogens (tertiary/aromatic N) is 1. The molecule has 0 aromatic heterocycles. The average molecular weight is 393 g/mol. The first-order valence-corrected chi connectivity index (χ1v) is 9.35. The molecule has 4 rings (SSSR count). The number of hydrogen-bond donors (Lipinski definition) is 0. The fourth-order valence-electron chi connectivity index (χ4n) is 2.79. The fourth-order valence-corrected chi connectivity index (χ4v) is 4.50. The molecular formula is C19H12Cl3NS. The van der Waals surface area contributed by atoms with Crippen LogP contribution in [0.3, 0.4) is 0 Å². The first-order valence-electron chi connectivity index (χ1n) is 7.40. The van der Waals surface area contributed by atoms with Crippen LogP contribution >= 0.6 is 46.6 Å². The van der Waals surface area contributed by atoms with Gasteiger partial charge in [-0.05, 0) is 48.0 Å². The third-order valence-corrected chi connectivity index (χ3v) is 5.88. The Morgan fingerprint density at radius 2 is 1.46 bits per heavy atom. The lowest BCUT2D eigenvalue weighted by Crippen LogP contribution is -2.20. The minimum atomic E-state index is 0.641. The number of fused-ring (bicyclic) bond motifs is 2. The van der Waals surface area contributed by atoms with Gasteiger partial charge in [0.25, 0.3) is 0 Å². The molecule has 0 amide bonds. The molecule has 0 aliphatic carbocycles. The van der Waals surface area contributed by atoms with Gasteiger partial charge < -0.3 is 4.90 Å². The molecule has 5 heteroatoms. The Hall–Kier alpha value is -1.32. The molecule has 0 radical (unpaired) electrons. The Morgan fingerprint density at radius 1 is 0.750 bits per heavy atom. The molecule has 3 aromatic carbocycles. The van der Waals surface area contributed by atoms with E-state index in [1.165, 1.54) is 9.79 Å². The number of anilines is 2. The molecule has 1 nitrogen and oxygen atoms in total. The van der Waals surface area contributed by atoms with Crippen LogP contribution in [0, 0.1) is 0 Å². The molecule has 1 aliphatic heterocycles. The van der Waals surface area contributed by atoms with E-state index in [4.69, 9.17) is 34.8 Å². The van der Waals surface area contributed by atoms with Crippen LogP contribution in [-0.2, 0) is 6.54 Å². The summed E-state index contributed by atoms with van der Waals surface area (Å²) in [6, 6.07) is 20.0. The maximum Gasteiger partial charge on any atom is 0.0570 e. The lowest BCUT2D eigenvalue weighted by atomic mass is 10.1. The maximum absolute atomic E-state index is 6.39. The summed E-state index contributed by atoms with van der Waals surface area (Å²) in [5.41, 5.74) is 3.27. The van der Waals surface area contributed by atoms with Crippen LogP contribution < -0.4 is 4.90 Å². The quantitative estimate of drug-likeness (QED) is 0.445. The zero-order valence-electron chi connectivity index (χ0n) is 12.5. The van der Waals surface area contributed by atoms with Crippen LogP contribution in [0.15, 0.2) is 70.5 Å². The number of benzene rings is 3. The van der Waals surface area contributed by atoms with Crippen LogP contribution in [0.2, 0.25) is 15.1 Å². The topological polar surface area (TPSA) is 3.24 Å². The summed E-state index contributed by atoms with van der Waals surface area (Å²) >= 11 is 20.4. The summed E-state index contributed by atoms with van der Waals surface area (Å²) in [7, 11) is 0. The van der Waals surface area contributed by atoms with Gasteiger partial charge >= 0.3 is 0 Å². The predicted molar refractivity (Wildman–Crippen MR) is 104 cm³/mol. The van der Waals surface area contributed by atoms with Crippen LogP contribution in [0.25, 0.3) is 0 Å². The van der Waals surface area contributed by atoms with Crippen molar-refractivity contribution in [1.29, 1.82) is 0 Å². The molecule has 0 bridgehead atoms. The molecule has 0 saturated carbocycles. The van der Waals surface area contributed by atoms with Crippen molar-refractivity contribution in [2.75, 3.05) is 4.90 Å². The van der Waals surface area contributed by atoms with E-state index in [2.05, 4.69) is 29.2 Å². The molecule has 3 aromatic rings. The first-order chi connectivity index (χ1) is 11.6. The second-order valence-electron chi connectivity index (χ2n) is 5.50. The zero-order chi connectivity index (χ0) is 16.7. The highest BCUT2D eigenvalue weighted by Crippen LogP contribution is 2.49. The van der Waals surface area contributed by atoms with Gasteiger partial charge in [0, 0.05) is 31.4 Å². The van der Waals surface area contributed by atoms with Crippen molar-refractivity contribution in [3.63, 3.8) is 0 Å². The minimum Gasteiger partial charge on any atom is -0.335 e. The van der Waals surface area contributed by atoms with Crippen molar-refractivity contribution < 1.29 is 0 Å². The molecule has 0 atom stereocenters. The van der Waals surface area contributed by atoms with E-state index in [1.807, 2.05) is 30.3 Å². The lowest BCUT2D eigenvalue weighted by molar-refractivity contribution is 0.938. The van der Waals surface area contributed by atoms with Crippen molar-refractivity contribution in [3.05, 3.63) is 81.3 Å². The summed E-state index contributed by atoms with van der Waals surface area (Å²) in [5, 5.41) is 2.03. The molecule has 1 heterocycles. The Bertz CT molecular complexity index is 926. The van der Waals surface area contributed by atoms with Gasteiger partial charge in [-0.15, -0.1) is 0 Å². The van der Waals surface area contributed by atoms with Gasteiger partial charge in [0.1, 0.15) is 0 Å². The number of hydrogen-bond acceptors (Lipinski definition) is 2. The van der Waals surface area contributed by atoms with Gasteiger partial charge in [0.2, 0.25) is 0 Å². The predicted octanol–water partition coefficient (Wildman–Crippen LogP) is 7.45. The summed E-state index contributed by atoms with van der Waals surface area (Å²) in [5.74, 6) is 0. The molecule has 1 aliphatic rings. The van der Waals surface area contributed by atoms with Crippen molar-refractivity contribution in [1.82, 2.24) is 0 Å². The number of rotatable bonds is 2. The van der Waals surface area contributed by atoms with Crippen molar-refractivity contribution >= 4 is 57.9 Å². The van der Waals surface area contributed by atoms with Crippen LogP contribution in [0.1, 0.15) is 5.56 Å². The van der Waals surface area contributed by atoms with E-state index in [1.54, 1.807) is 17.8 Å². The van der Waals surface area contributed by atoms with E-state index in [9.17, 15) is 0 Å². The van der Waals surface area contributed by atoms with Crippen LogP contribution in [0.5, 0.6) is 0 Å². The Labute approximate surface area is 160 Å². The highest BCUT2D eigenvalue weighted by molar-refractivity contribution is 7.99. The van der Waals surface area contributed by atoms with E-state index in [0.717, 1.165) is 22.0 Å². The van der Waals surface area contributed by atoms with E-state index in [-0.39, 0.29) is 0 Å². The molecule has 0 N–H and O–H groups in total. The molecule has 120 valence electrons. The van der Waals surface area contributed by atoms with Crippen LogP contribution in [-0.4, -0.2) is 0 Å². The van der Waals surface area contributed by atoms with Gasteiger partial charge in [-0.3, -0.25) is 0 Å². The van der Waals surface area contributed by atoms with E-state index < -0.39 is 0 Å². The Kier molecular flexibility index (Phi) is 4.40. The molecule has 24 heavy (non-hydrogen) atoms. The normalized spacial score (nSPS) is 12.7. The van der Waals surface area contributed by atoms with Gasteiger partial charge in [-0.25, -0.2) is 0 Å². The minimum absolute atomic E-state index is 0.641. The molecule has 0 spiro atoms. The monoisotopic (exact) mass is 391 g/mol. The Morgan fingerprint density at radius 3 is 2.29 bits per heavy atom. The third kappa shape index (κ3) is 3.00. The molecule has 0 fully saturated rings. The highest BCUT2D eigenvalue weighted by atomic mass is 35.5. The van der Waals surface area contributed by atoms with Gasteiger partial charge in [0.05, 0.1) is 11.4 Å². The van der Waals surface area contributed by atoms with Crippen LogP contribution in [0.4, 0.5) is 11.4 Å². The highest BCUT2D eigenvalue weighted by Gasteiger charge is 2.24. The van der Waals surface area contributed by atoms with Crippen molar-refractivity contribution in [3.8, 4) is 0 Å². The number of para-hydroxylation sites is 1. The van der Waals surface area contributed by atoms with Gasteiger partial charge in [-0.2, -0.15) is 0 Å². The zero-order valence-corrected chi connectivity index (χ0v) is 15.6. The lowest BCUT2D eigenvalue weighted by Gasteiger charge is -2.33. The molecule has 0 unspecified atom stereocenters. The third-order valence-electron chi connectivity index (χ3n) is 3.93. The second kappa shape index (κ2) is 6.53. The molecule has 0 saturated heterocycles. The van der Waals surface area contributed by atoms with Gasteiger partial charge in [-0.1, -0.05) is 64.8 Å². The summed E-state index contributed by atoms with van der Waals surface area (Å²) < 4.78 is 0. The maximum atomic E-state index is 6.39. The van der Waals surface area contributed by atoms with E-state index >= 15 is 0 Å². The Balaban J connectivity index is 1.83. The summed E-state index contributed by atoms with van der Waals surface area (Å²) in [6.07, 6.45) is 0. The van der Waals surface area contributed by atoms with Crippen molar-refractivity contribution in [2.45, 2.75) is 16.3 Å². The fraction of sp³-hybridized carbons (Fsp3) is 0.0526. The standard InChI is InChI=1S/C19H12Cl3NS/c20-13-6-5-12(15(22)9-13)11-23-16-3-1-2-4-18(16)24-19-8-7-14(21)10-17(19)23/h1-10H,11H2. The second-order valence-corrected chi connectivity index (χ2v) is 7.87. The first kappa shape index (κ1) is 16.2. The largest absolute Gasteiger partial charge is 0.335 e. The van der Waals surface area contributed by atoms with E-state index in [0.29, 0.717) is 16.6 Å². The van der Waals surface area contributed by atoms with Crippen molar-refractivity contribution in [2.24, 2.45) is 0 Å². The molecular weight excluding hydrogens is 381 g/mol. The average Bonchev–Trinajstić information content (AvgIpc) is 2.57. The smallest absolute Gasteiger partial charge is 0.0570 e.